The number of nitrogens with zero attached hydrogens (tertiary/aromatic N) is 2. The molecule has 2 N–H and O–H groups in total. The molecule has 2 aromatic heterocycles. The number of pyridine rings is 1. The Morgan fingerprint density at radius 3 is 2.52 bits per heavy atom. The number of nitrogens with one attached hydrogen (secondary N) is 2. The van der Waals surface area contributed by atoms with Crippen LogP contribution < -0.4 is 10.0 Å². The summed E-state index contributed by atoms with van der Waals surface area (Å²) < 4.78 is 27.1. The number of aromatic nitrogens is 2. The van der Waals surface area contributed by atoms with E-state index in [-0.39, 0.29) is 4.90 Å². The van der Waals surface area contributed by atoms with E-state index < -0.39 is 10.0 Å². The van der Waals surface area contributed by atoms with Crippen molar-refractivity contribution in [1.29, 1.82) is 0 Å². The minimum Gasteiger partial charge on any atom is -0.364 e. The highest BCUT2D eigenvalue weighted by molar-refractivity contribution is 7.89. The van der Waals surface area contributed by atoms with E-state index in [0.29, 0.717) is 22.5 Å². The first kappa shape index (κ1) is 16.1. The van der Waals surface area contributed by atoms with Gasteiger partial charge in [0.05, 0.1) is 11.6 Å². The normalized spacial score (nSPS) is 11.6. The molecule has 0 spiro atoms. The number of sulfonamides is 1. The quantitative estimate of drug-likeness (QED) is 0.868. The lowest BCUT2D eigenvalue weighted by molar-refractivity contribution is 0.588. The lowest BCUT2D eigenvalue weighted by atomic mass is 10.4. The van der Waals surface area contributed by atoms with Gasteiger partial charge in [0.25, 0.3) is 0 Å². The molecule has 114 valence electrons. The van der Waals surface area contributed by atoms with Crippen molar-refractivity contribution in [3.63, 3.8) is 0 Å². The van der Waals surface area contributed by atoms with Gasteiger partial charge < -0.3 is 9.88 Å². The van der Waals surface area contributed by atoms with E-state index in [4.69, 9.17) is 23.2 Å². The molecule has 0 aliphatic heterocycles. The fourth-order valence-corrected chi connectivity index (χ4v) is 2.79. The van der Waals surface area contributed by atoms with Crippen LogP contribution in [-0.4, -0.2) is 25.0 Å². The number of rotatable bonds is 5. The molecule has 0 aromatic carbocycles. The first-order valence-corrected chi connectivity index (χ1v) is 8.22. The summed E-state index contributed by atoms with van der Waals surface area (Å²) >= 11 is 11.9. The van der Waals surface area contributed by atoms with Crippen molar-refractivity contribution in [2.75, 3.05) is 12.4 Å². The van der Waals surface area contributed by atoms with E-state index in [2.05, 4.69) is 15.0 Å². The molecule has 0 unspecified atom stereocenters. The predicted octanol–water partition coefficient (Wildman–Crippen LogP) is 2.25. The Labute approximate surface area is 133 Å². The summed E-state index contributed by atoms with van der Waals surface area (Å²) in [6, 6.07) is 4.83. The zero-order valence-electron chi connectivity index (χ0n) is 11.4. The molecule has 6 nitrogen and oxygen atoms in total. The molecule has 2 rings (SSSR count). The molecule has 0 aliphatic carbocycles. The summed E-state index contributed by atoms with van der Waals surface area (Å²) in [6.07, 6.45) is 1.29. The van der Waals surface area contributed by atoms with Crippen LogP contribution in [0.5, 0.6) is 0 Å². The van der Waals surface area contributed by atoms with Crippen LogP contribution >= 0.6 is 23.2 Å². The maximum Gasteiger partial charge on any atom is 0.241 e. The Balaban J connectivity index is 2.09. The van der Waals surface area contributed by atoms with Crippen LogP contribution in [0.4, 0.5) is 5.82 Å². The standard InChI is InChI=1S/C12H14Cl2N4O2S/c1-15-21(19,20)9-3-4-11(17-7-9)16-6-8-5-10(13)12(14)18(8)2/h3-5,7,15H,6H2,1-2H3,(H,16,17). The molecular formula is C12H14Cl2N4O2S. The molecule has 0 fully saturated rings. The summed E-state index contributed by atoms with van der Waals surface area (Å²) in [4.78, 5) is 4.17. The zero-order valence-corrected chi connectivity index (χ0v) is 13.7. The van der Waals surface area contributed by atoms with Gasteiger partial charge in [-0.1, -0.05) is 23.2 Å². The van der Waals surface area contributed by atoms with Crippen molar-refractivity contribution in [2.24, 2.45) is 7.05 Å². The molecule has 21 heavy (non-hydrogen) atoms. The second kappa shape index (κ2) is 6.23. The Hall–Kier alpha value is -1.28. The van der Waals surface area contributed by atoms with Crippen molar-refractivity contribution in [1.82, 2.24) is 14.3 Å². The third-order valence-electron chi connectivity index (χ3n) is 2.98. The fourth-order valence-electron chi connectivity index (χ4n) is 1.70. The number of halogens is 2. The van der Waals surface area contributed by atoms with Gasteiger partial charge in [-0.05, 0) is 25.2 Å². The molecule has 0 aliphatic rings. The summed E-state index contributed by atoms with van der Waals surface area (Å²) in [5, 5.41) is 4.03. The van der Waals surface area contributed by atoms with Crippen molar-refractivity contribution in [3.8, 4) is 0 Å². The van der Waals surface area contributed by atoms with Gasteiger partial charge in [-0.2, -0.15) is 0 Å². The third kappa shape index (κ3) is 3.49. The van der Waals surface area contributed by atoms with Crippen LogP contribution in [0.2, 0.25) is 10.2 Å². The molecule has 0 amide bonds. The summed E-state index contributed by atoms with van der Waals surface area (Å²) in [7, 11) is -0.312. The Morgan fingerprint density at radius 1 is 1.33 bits per heavy atom. The Bertz CT molecular complexity index is 741. The minimum absolute atomic E-state index is 0.112. The molecular weight excluding hydrogens is 335 g/mol. The van der Waals surface area contributed by atoms with E-state index in [1.54, 1.807) is 23.7 Å². The molecule has 2 heterocycles. The van der Waals surface area contributed by atoms with Crippen LogP contribution in [0.1, 0.15) is 5.69 Å². The van der Waals surface area contributed by atoms with Crippen molar-refractivity contribution < 1.29 is 8.42 Å². The fraction of sp³-hybridized carbons (Fsp3) is 0.250. The van der Waals surface area contributed by atoms with E-state index in [9.17, 15) is 8.42 Å². The zero-order chi connectivity index (χ0) is 15.6. The molecule has 0 radical (unpaired) electrons. The molecule has 2 aromatic rings. The molecule has 0 bridgehead atoms. The molecule has 0 atom stereocenters. The number of hydrogen-bond donors (Lipinski definition) is 2. The highest BCUT2D eigenvalue weighted by Crippen LogP contribution is 2.25. The highest BCUT2D eigenvalue weighted by atomic mass is 35.5. The molecule has 9 heteroatoms. The van der Waals surface area contributed by atoms with Crippen molar-refractivity contribution in [2.45, 2.75) is 11.4 Å². The van der Waals surface area contributed by atoms with Crippen LogP contribution in [0.15, 0.2) is 29.3 Å². The van der Waals surface area contributed by atoms with Crippen molar-refractivity contribution in [3.05, 3.63) is 40.3 Å². The summed E-state index contributed by atoms with van der Waals surface area (Å²) in [6.45, 7) is 0.466. The average Bonchev–Trinajstić information content (AvgIpc) is 2.73. The van der Waals surface area contributed by atoms with Crippen LogP contribution in [0.3, 0.4) is 0 Å². The van der Waals surface area contributed by atoms with E-state index in [1.165, 1.54) is 19.3 Å². The van der Waals surface area contributed by atoms with E-state index >= 15 is 0 Å². The van der Waals surface area contributed by atoms with Gasteiger partial charge in [0.1, 0.15) is 15.9 Å². The topological polar surface area (TPSA) is 76.0 Å². The van der Waals surface area contributed by atoms with Gasteiger partial charge >= 0.3 is 0 Å². The molecule has 0 saturated heterocycles. The first-order valence-electron chi connectivity index (χ1n) is 5.98. The second-order valence-electron chi connectivity index (χ2n) is 4.27. The second-order valence-corrected chi connectivity index (χ2v) is 6.93. The minimum atomic E-state index is -3.47. The first-order chi connectivity index (χ1) is 9.85. The lowest BCUT2D eigenvalue weighted by Crippen LogP contribution is -2.18. The van der Waals surface area contributed by atoms with Crippen LogP contribution in [-0.2, 0) is 23.6 Å². The van der Waals surface area contributed by atoms with Gasteiger partial charge in [0.15, 0.2) is 0 Å². The van der Waals surface area contributed by atoms with Gasteiger partial charge in [0.2, 0.25) is 10.0 Å². The van der Waals surface area contributed by atoms with Gasteiger partial charge in [-0.3, -0.25) is 0 Å². The smallest absolute Gasteiger partial charge is 0.241 e. The predicted molar refractivity (Wildman–Crippen MR) is 83.2 cm³/mol. The average molecular weight is 349 g/mol. The van der Waals surface area contributed by atoms with Gasteiger partial charge in [-0.25, -0.2) is 18.1 Å². The lowest BCUT2D eigenvalue weighted by Gasteiger charge is -2.08. The number of anilines is 1. The summed E-state index contributed by atoms with van der Waals surface area (Å²) in [5.41, 5.74) is 0.888. The maximum atomic E-state index is 11.6. The van der Waals surface area contributed by atoms with E-state index in [1.807, 2.05) is 0 Å². The van der Waals surface area contributed by atoms with Crippen LogP contribution in [0.25, 0.3) is 0 Å². The maximum absolute atomic E-state index is 11.6. The summed E-state index contributed by atoms with van der Waals surface area (Å²) in [5.74, 6) is 0.554. The Morgan fingerprint density at radius 2 is 2.05 bits per heavy atom. The third-order valence-corrected chi connectivity index (χ3v) is 5.22. The monoisotopic (exact) mass is 348 g/mol. The van der Waals surface area contributed by atoms with Gasteiger partial charge in [-0.15, -0.1) is 0 Å². The largest absolute Gasteiger partial charge is 0.364 e. The highest BCUT2D eigenvalue weighted by Gasteiger charge is 2.12. The van der Waals surface area contributed by atoms with E-state index in [0.717, 1.165) is 5.69 Å². The SMILES string of the molecule is CNS(=O)(=O)c1ccc(NCc2cc(Cl)c(Cl)n2C)nc1. The Kier molecular flexibility index (Phi) is 4.77. The molecule has 0 saturated carbocycles. The van der Waals surface area contributed by atoms with Crippen molar-refractivity contribution >= 4 is 39.0 Å². The van der Waals surface area contributed by atoms with Gasteiger partial charge in [0, 0.05) is 18.9 Å². The number of hydrogen-bond acceptors (Lipinski definition) is 4. The van der Waals surface area contributed by atoms with Crippen LogP contribution in [0, 0.1) is 0 Å².